The van der Waals surface area contributed by atoms with Gasteiger partial charge in [-0.05, 0) is 31.9 Å². The molecule has 0 radical (unpaired) electrons. The lowest BCUT2D eigenvalue weighted by molar-refractivity contribution is 0.163. The van der Waals surface area contributed by atoms with Gasteiger partial charge >= 0.3 is 0 Å². The Balaban J connectivity index is 2.21. The molecule has 1 heterocycles. The predicted octanol–water partition coefficient (Wildman–Crippen LogP) is 5.15. The fourth-order valence-corrected chi connectivity index (χ4v) is 3.24. The van der Waals surface area contributed by atoms with E-state index in [0.717, 1.165) is 18.4 Å². The summed E-state index contributed by atoms with van der Waals surface area (Å²) in [6.45, 7) is 6.46. The highest BCUT2D eigenvalue weighted by molar-refractivity contribution is 7.12. The van der Waals surface area contributed by atoms with Crippen molar-refractivity contribution in [2.45, 2.75) is 71.8 Å². The average Bonchev–Trinajstić information content (AvgIpc) is 2.62. The summed E-state index contributed by atoms with van der Waals surface area (Å²) in [5, 5.41) is 10.1. The number of aryl methyl sites for hydroxylation is 2. The third kappa shape index (κ3) is 5.22. The van der Waals surface area contributed by atoms with Gasteiger partial charge in [0.2, 0.25) is 0 Å². The molecular weight excluding hydrogens is 228 g/mol. The van der Waals surface area contributed by atoms with Crippen LogP contribution in [-0.2, 0) is 0 Å². The van der Waals surface area contributed by atoms with E-state index in [0.29, 0.717) is 0 Å². The molecule has 98 valence electrons. The Morgan fingerprint density at radius 3 is 2.35 bits per heavy atom. The summed E-state index contributed by atoms with van der Waals surface area (Å²) in [4.78, 5) is 2.58. The number of thiophene rings is 1. The van der Waals surface area contributed by atoms with Gasteiger partial charge in [-0.1, -0.05) is 45.4 Å². The van der Waals surface area contributed by atoms with Crippen LogP contribution >= 0.6 is 11.3 Å². The second-order valence-electron chi connectivity index (χ2n) is 4.94. The summed E-state index contributed by atoms with van der Waals surface area (Å²) in [6, 6.07) is 2.14. The first kappa shape index (κ1) is 14.7. The molecular formula is C15H26OS. The third-order valence-electron chi connectivity index (χ3n) is 3.27. The second kappa shape index (κ2) is 7.88. The van der Waals surface area contributed by atoms with Crippen molar-refractivity contribution in [2.75, 3.05) is 0 Å². The maximum Gasteiger partial charge on any atom is 0.0800 e. The molecule has 1 rings (SSSR count). The van der Waals surface area contributed by atoms with Gasteiger partial charge in [0.15, 0.2) is 0 Å². The van der Waals surface area contributed by atoms with E-state index in [1.165, 1.54) is 41.9 Å². The molecule has 0 aromatic carbocycles. The smallest absolute Gasteiger partial charge is 0.0800 e. The molecule has 1 unspecified atom stereocenters. The first-order valence-corrected chi connectivity index (χ1v) is 7.71. The van der Waals surface area contributed by atoms with Gasteiger partial charge in [-0.2, -0.15) is 0 Å². The van der Waals surface area contributed by atoms with E-state index in [4.69, 9.17) is 0 Å². The molecule has 17 heavy (non-hydrogen) atoms. The van der Waals surface area contributed by atoms with Crippen LogP contribution in [0.4, 0.5) is 0 Å². The lowest BCUT2D eigenvalue weighted by atomic mass is 10.0. The van der Waals surface area contributed by atoms with Crippen molar-refractivity contribution < 1.29 is 5.11 Å². The first-order valence-electron chi connectivity index (χ1n) is 6.90. The van der Waals surface area contributed by atoms with Crippen molar-refractivity contribution in [2.24, 2.45) is 0 Å². The van der Waals surface area contributed by atoms with E-state index in [1.807, 2.05) is 0 Å². The summed E-state index contributed by atoms with van der Waals surface area (Å²) >= 11 is 1.79. The third-order valence-corrected chi connectivity index (χ3v) is 4.25. The van der Waals surface area contributed by atoms with Crippen molar-refractivity contribution in [3.8, 4) is 0 Å². The van der Waals surface area contributed by atoms with Crippen molar-refractivity contribution in [1.82, 2.24) is 0 Å². The number of aliphatic hydroxyl groups excluding tert-OH is 1. The van der Waals surface area contributed by atoms with Crippen molar-refractivity contribution in [3.63, 3.8) is 0 Å². The molecule has 0 saturated carbocycles. The second-order valence-corrected chi connectivity index (χ2v) is 6.40. The normalized spacial score (nSPS) is 12.9. The van der Waals surface area contributed by atoms with E-state index < -0.39 is 0 Å². The largest absolute Gasteiger partial charge is 0.388 e. The molecule has 0 amide bonds. The Bertz CT molecular complexity index is 317. The Labute approximate surface area is 110 Å². The topological polar surface area (TPSA) is 20.2 Å². The summed E-state index contributed by atoms with van der Waals surface area (Å²) in [5.41, 5.74) is 1.15. The lowest BCUT2D eigenvalue weighted by Crippen LogP contribution is -1.97. The highest BCUT2D eigenvalue weighted by Crippen LogP contribution is 2.29. The molecule has 0 aliphatic heterocycles. The molecule has 1 aromatic heterocycles. The van der Waals surface area contributed by atoms with E-state index in [1.54, 1.807) is 11.3 Å². The molecule has 0 aliphatic carbocycles. The van der Waals surface area contributed by atoms with Gasteiger partial charge < -0.3 is 5.11 Å². The molecule has 1 N–H and O–H groups in total. The molecule has 1 nitrogen and oxygen atoms in total. The zero-order chi connectivity index (χ0) is 12.7. The molecule has 0 aliphatic rings. The van der Waals surface area contributed by atoms with Gasteiger partial charge in [-0.15, -0.1) is 11.3 Å². The maximum absolute atomic E-state index is 10.1. The van der Waals surface area contributed by atoms with Crippen LogP contribution in [0.15, 0.2) is 6.07 Å². The van der Waals surface area contributed by atoms with Crippen molar-refractivity contribution in [1.29, 1.82) is 0 Å². The fraction of sp³-hybridized carbons (Fsp3) is 0.733. The number of aliphatic hydroxyl groups is 1. The number of hydrogen-bond acceptors (Lipinski definition) is 2. The summed E-state index contributed by atoms with van der Waals surface area (Å²) in [5.74, 6) is 0. The van der Waals surface area contributed by atoms with Gasteiger partial charge in [0.25, 0.3) is 0 Å². The van der Waals surface area contributed by atoms with Crippen LogP contribution in [0.25, 0.3) is 0 Å². The van der Waals surface area contributed by atoms with Crippen LogP contribution in [0.3, 0.4) is 0 Å². The van der Waals surface area contributed by atoms with E-state index >= 15 is 0 Å². The standard InChI is InChI=1S/C15H26OS/c1-4-5-6-7-8-9-10-15(16)14-11-12(2)17-13(14)3/h11,15-16H,4-10H2,1-3H3. The Morgan fingerprint density at radius 2 is 1.76 bits per heavy atom. The van der Waals surface area contributed by atoms with Crippen LogP contribution in [-0.4, -0.2) is 5.11 Å². The maximum atomic E-state index is 10.1. The molecule has 0 saturated heterocycles. The van der Waals surface area contributed by atoms with Crippen LogP contribution in [0.1, 0.15) is 73.3 Å². The van der Waals surface area contributed by atoms with Gasteiger partial charge in [0, 0.05) is 9.75 Å². The van der Waals surface area contributed by atoms with Gasteiger partial charge in [0.05, 0.1) is 6.10 Å². The Kier molecular flexibility index (Phi) is 6.83. The highest BCUT2D eigenvalue weighted by atomic mass is 32.1. The van der Waals surface area contributed by atoms with E-state index in [9.17, 15) is 5.11 Å². The number of rotatable bonds is 8. The minimum Gasteiger partial charge on any atom is -0.388 e. The predicted molar refractivity (Wildman–Crippen MR) is 76.7 cm³/mol. The number of unbranched alkanes of at least 4 members (excludes halogenated alkanes) is 5. The van der Waals surface area contributed by atoms with Crippen LogP contribution in [0, 0.1) is 13.8 Å². The van der Waals surface area contributed by atoms with Crippen molar-refractivity contribution >= 4 is 11.3 Å². The minimum atomic E-state index is -0.244. The molecule has 1 atom stereocenters. The van der Waals surface area contributed by atoms with Crippen LogP contribution in [0.2, 0.25) is 0 Å². The van der Waals surface area contributed by atoms with Crippen LogP contribution in [0.5, 0.6) is 0 Å². The zero-order valence-electron chi connectivity index (χ0n) is 11.5. The SMILES string of the molecule is CCCCCCCCC(O)c1cc(C)sc1C. The summed E-state index contributed by atoms with van der Waals surface area (Å²) in [7, 11) is 0. The summed E-state index contributed by atoms with van der Waals surface area (Å²) in [6.07, 6.45) is 8.42. The van der Waals surface area contributed by atoms with Gasteiger partial charge in [0.1, 0.15) is 0 Å². The molecule has 0 bridgehead atoms. The molecule has 0 spiro atoms. The van der Waals surface area contributed by atoms with Gasteiger partial charge in [-0.3, -0.25) is 0 Å². The minimum absolute atomic E-state index is 0.244. The van der Waals surface area contributed by atoms with E-state index in [-0.39, 0.29) is 6.10 Å². The quantitative estimate of drug-likeness (QED) is 0.636. The molecule has 1 aromatic rings. The monoisotopic (exact) mass is 254 g/mol. The van der Waals surface area contributed by atoms with E-state index in [2.05, 4.69) is 26.8 Å². The highest BCUT2D eigenvalue weighted by Gasteiger charge is 2.12. The Morgan fingerprint density at radius 1 is 1.12 bits per heavy atom. The summed E-state index contributed by atoms with van der Waals surface area (Å²) < 4.78 is 0. The number of hydrogen-bond donors (Lipinski definition) is 1. The lowest BCUT2D eigenvalue weighted by Gasteiger charge is -2.10. The molecule has 0 fully saturated rings. The van der Waals surface area contributed by atoms with Crippen molar-refractivity contribution in [3.05, 3.63) is 21.4 Å². The molecule has 2 heteroatoms. The Hall–Kier alpha value is -0.340. The first-order chi connectivity index (χ1) is 8.15. The fourth-order valence-electron chi connectivity index (χ4n) is 2.25. The van der Waals surface area contributed by atoms with Crippen LogP contribution < -0.4 is 0 Å². The van der Waals surface area contributed by atoms with Gasteiger partial charge in [-0.25, -0.2) is 0 Å². The zero-order valence-corrected chi connectivity index (χ0v) is 12.3. The average molecular weight is 254 g/mol.